The number of rotatable bonds is 6. The average Bonchev–Trinajstić information content (AvgIpc) is 3.02. The number of hydrogen-bond acceptors (Lipinski definition) is 6. The summed E-state index contributed by atoms with van der Waals surface area (Å²) in [6, 6.07) is 6.71. The molecule has 2 unspecified atom stereocenters. The van der Waals surface area contributed by atoms with Crippen molar-refractivity contribution in [1.29, 1.82) is 0 Å². The van der Waals surface area contributed by atoms with Crippen LogP contribution < -0.4 is 15.8 Å². The predicted octanol–water partition coefficient (Wildman–Crippen LogP) is 5.82. The molecule has 0 aliphatic carbocycles. The Morgan fingerprint density at radius 1 is 1.08 bits per heavy atom. The van der Waals surface area contributed by atoms with Crippen LogP contribution in [0.4, 0.5) is 24.5 Å². The standard InChI is InChI=1S/C37H38F3N5O4/c1-8-28(47)43-17-26-36(48)41-32-35(44(26)15-20(43)5)23-14-25(39)30(29-24(38)10-9-11-27(29)46)31(40)34(23)45(37(32)49)33-19(4)12-21(16-42(6)7)13-22(33)18(2)3/h8-14,18,20,26,46H,1,15-17H2,2-7H3,(H,41,48). The number of aromatic nitrogens is 1. The van der Waals surface area contributed by atoms with Crippen LogP contribution in [0.25, 0.3) is 27.7 Å². The van der Waals surface area contributed by atoms with Gasteiger partial charge in [-0.25, -0.2) is 13.2 Å². The van der Waals surface area contributed by atoms with Gasteiger partial charge in [0.05, 0.1) is 34.6 Å². The van der Waals surface area contributed by atoms with Gasteiger partial charge in [-0.3, -0.25) is 19.0 Å². The lowest BCUT2D eigenvalue weighted by Gasteiger charge is -2.48. The highest BCUT2D eigenvalue weighted by atomic mass is 19.1. The number of fused-ring (bicyclic) bond motifs is 5. The van der Waals surface area contributed by atoms with Crippen molar-refractivity contribution in [3.8, 4) is 22.6 Å². The number of carbonyl (C=O) groups is 2. The monoisotopic (exact) mass is 673 g/mol. The lowest BCUT2D eigenvalue weighted by Crippen LogP contribution is -2.64. The smallest absolute Gasteiger partial charge is 0.281 e. The minimum atomic E-state index is -1.26. The number of carbonyl (C=O) groups excluding carboxylic acids is 2. The van der Waals surface area contributed by atoms with E-state index in [9.17, 15) is 19.5 Å². The fourth-order valence-corrected chi connectivity index (χ4v) is 7.23. The summed E-state index contributed by atoms with van der Waals surface area (Å²) < 4.78 is 50.0. The zero-order valence-electron chi connectivity index (χ0n) is 28.2. The van der Waals surface area contributed by atoms with Crippen LogP contribution in [0.2, 0.25) is 0 Å². The van der Waals surface area contributed by atoms with Crippen LogP contribution in [0.1, 0.15) is 43.4 Å². The van der Waals surface area contributed by atoms with Gasteiger partial charge >= 0.3 is 0 Å². The van der Waals surface area contributed by atoms with Crippen molar-refractivity contribution in [3.63, 3.8) is 0 Å². The Labute approximate surface area is 281 Å². The van der Waals surface area contributed by atoms with E-state index in [0.717, 1.165) is 34.4 Å². The Balaban J connectivity index is 1.76. The maximum Gasteiger partial charge on any atom is 0.281 e. The predicted molar refractivity (Wildman–Crippen MR) is 184 cm³/mol. The number of aromatic hydroxyl groups is 1. The molecule has 2 N–H and O–H groups in total. The highest BCUT2D eigenvalue weighted by Gasteiger charge is 2.44. The van der Waals surface area contributed by atoms with E-state index in [1.165, 1.54) is 11.0 Å². The van der Waals surface area contributed by atoms with Crippen molar-refractivity contribution in [2.45, 2.75) is 52.2 Å². The molecule has 0 spiro atoms. The summed E-state index contributed by atoms with van der Waals surface area (Å²) in [5.74, 6) is -5.28. The van der Waals surface area contributed by atoms with Gasteiger partial charge in [-0.2, -0.15) is 0 Å². The zero-order chi connectivity index (χ0) is 35.6. The Bertz CT molecular complexity index is 2110. The number of phenolic OH excluding ortho intramolecular Hbond substituents is 1. The first-order valence-corrected chi connectivity index (χ1v) is 16.0. The molecule has 6 rings (SSSR count). The van der Waals surface area contributed by atoms with Gasteiger partial charge in [0, 0.05) is 24.5 Å². The summed E-state index contributed by atoms with van der Waals surface area (Å²) in [6.45, 7) is 11.6. The Morgan fingerprint density at radius 2 is 1.80 bits per heavy atom. The zero-order valence-corrected chi connectivity index (χ0v) is 28.2. The van der Waals surface area contributed by atoms with E-state index in [1.807, 2.05) is 45.0 Å². The number of pyridine rings is 1. The number of hydrogen-bond donors (Lipinski definition) is 2. The van der Waals surface area contributed by atoms with E-state index >= 15 is 13.2 Å². The summed E-state index contributed by atoms with van der Waals surface area (Å²) in [5.41, 5.74) is -0.109. The van der Waals surface area contributed by atoms with Gasteiger partial charge in [-0.15, -0.1) is 0 Å². The van der Waals surface area contributed by atoms with Crippen LogP contribution in [0.3, 0.4) is 0 Å². The van der Waals surface area contributed by atoms with Crippen molar-refractivity contribution in [2.24, 2.45) is 0 Å². The molecule has 2 amide bonds. The fourth-order valence-electron chi connectivity index (χ4n) is 7.23. The van der Waals surface area contributed by atoms with Gasteiger partial charge in [0.1, 0.15) is 29.1 Å². The van der Waals surface area contributed by atoms with E-state index in [1.54, 1.807) is 18.7 Å². The number of nitrogens with one attached hydrogen (secondary N) is 1. The third-order valence-corrected chi connectivity index (χ3v) is 9.34. The number of anilines is 2. The topological polar surface area (TPSA) is 98.1 Å². The third kappa shape index (κ3) is 5.44. The third-order valence-electron chi connectivity index (χ3n) is 9.34. The Hall–Kier alpha value is -5.10. The largest absolute Gasteiger partial charge is 0.507 e. The molecule has 0 saturated carbocycles. The van der Waals surface area contributed by atoms with Crippen LogP contribution in [-0.4, -0.2) is 70.6 Å². The van der Waals surface area contributed by atoms with Crippen LogP contribution in [-0.2, 0) is 16.1 Å². The average molecular weight is 674 g/mol. The maximum absolute atomic E-state index is 17.3. The van der Waals surface area contributed by atoms with E-state index < -0.39 is 57.9 Å². The molecule has 4 aromatic rings. The maximum atomic E-state index is 17.3. The summed E-state index contributed by atoms with van der Waals surface area (Å²) >= 11 is 0. The second kappa shape index (κ2) is 12.4. The minimum Gasteiger partial charge on any atom is -0.507 e. The first-order valence-electron chi connectivity index (χ1n) is 16.0. The molecule has 256 valence electrons. The van der Waals surface area contributed by atoms with Crippen molar-refractivity contribution in [1.82, 2.24) is 14.4 Å². The summed E-state index contributed by atoms with van der Waals surface area (Å²) in [7, 11) is 3.85. The molecule has 1 fully saturated rings. The number of amides is 2. The lowest BCUT2D eigenvalue weighted by atomic mass is 9.93. The Morgan fingerprint density at radius 3 is 2.43 bits per heavy atom. The first kappa shape index (κ1) is 33.8. The summed E-state index contributed by atoms with van der Waals surface area (Å²) in [6.07, 6.45) is 1.15. The molecule has 3 aromatic carbocycles. The molecule has 1 saturated heterocycles. The molecular weight excluding hydrogens is 635 g/mol. The lowest BCUT2D eigenvalue weighted by molar-refractivity contribution is -0.130. The van der Waals surface area contributed by atoms with Gasteiger partial charge in [0.25, 0.3) is 5.56 Å². The molecule has 9 nitrogen and oxygen atoms in total. The van der Waals surface area contributed by atoms with Gasteiger partial charge in [-0.1, -0.05) is 38.6 Å². The Kier molecular flexibility index (Phi) is 8.56. The summed E-state index contributed by atoms with van der Waals surface area (Å²) in [4.78, 5) is 46.2. The van der Waals surface area contributed by atoms with Crippen LogP contribution in [0.5, 0.6) is 5.75 Å². The number of benzene rings is 3. The van der Waals surface area contributed by atoms with E-state index in [2.05, 4.69) is 11.9 Å². The van der Waals surface area contributed by atoms with E-state index in [4.69, 9.17) is 0 Å². The van der Waals surface area contributed by atoms with Crippen LogP contribution in [0, 0.1) is 24.4 Å². The van der Waals surface area contributed by atoms with Gasteiger partial charge in [-0.05, 0) is 74.8 Å². The molecule has 12 heteroatoms. The second-order valence-electron chi connectivity index (χ2n) is 13.4. The number of aryl methyl sites for hydroxylation is 1. The second-order valence-corrected chi connectivity index (χ2v) is 13.4. The molecule has 0 radical (unpaired) electrons. The highest BCUT2D eigenvalue weighted by Crippen LogP contribution is 2.45. The van der Waals surface area contributed by atoms with Crippen molar-refractivity contribution in [3.05, 3.63) is 93.5 Å². The fraction of sp³-hybridized carbons (Fsp3) is 0.324. The normalized spacial score (nSPS) is 17.4. The number of phenols is 1. The minimum absolute atomic E-state index is 0.0450. The van der Waals surface area contributed by atoms with Crippen molar-refractivity contribution < 1.29 is 27.9 Å². The quantitative estimate of drug-likeness (QED) is 0.251. The van der Waals surface area contributed by atoms with E-state index in [0.29, 0.717) is 23.4 Å². The SMILES string of the molecule is C=CC(=O)N1CC2C(=O)Nc3c(c4cc(F)c(-c5c(O)cccc5F)c(F)c4n(-c4c(C)cc(CN(C)C)cc4C(C)C)c3=O)N2CC1C. The molecule has 2 aliphatic heterocycles. The van der Waals surface area contributed by atoms with Crippen molar-refractivity contribution >= 4 is 34.1 Å². The molecule has 3 heterocycles. The van der Waals surface area contributed by atoms with Gasteiger partial charge in [0.2, 0.25) is 11.8 Å². The molecule has 2 atom stereocenters. The van der Waals surface area contributed by atoms with Gasteiger partial charge in [0.15, 0.2) is 5.82 Å². The summed E-state index contributed by atoms with van der Waals surface area (Å²) in [5, 5.41) is 13.3. The molecular formula is C37H38F3N5O4. The molecule has 0 bridgehead atoms. The number of nitrogens with zero attached hydrogens (tertiary/aromatic N) is 4. The molecule has 1 aromatic heterocycles. The van der Waals surface area contributed by atoms with E-state index in [-0.39, 0.29) is 47.2 Å². The molecule has 49 heavy (non-hydrogen) atoms. The van der Waals surface area contributed by atoms with Crippen molar-refractivity contribution in [2.75, 3.05) is 37.4 Å². The first-order chi connectivity index (χ1) is 23.2. The number of halogens is 3. The van der Waals surface area contributed by atoms with Crippen LogP contribution in [0.15, 0.2) is 53.8 Å². The molecule has 2 aliphatic rings. The highest BCUT2D eigenvalue weighted by molar-refractivity contribution is 6.12. The number of piperazine rings is 1. The van der Waals surface area contributed by atoms with Crippen LogP contribution >= 0.6 is 0 Å². The van der Waals surface area contributed by atoms with Gasteiger partial charge < -0.3 is 25.1 Å².